The van der Waals surface area contributed by atoms with Gasteiger partial charge in [0.1, 0.15) is 11.2 Å². The zero-order valence-electron chi connectivity index (χ0n) is 18.0. The Bertz CT molecular complexity index is 835. The fourth-order valence-corrected chi connectivity index (χ4v) is 3.15. The number of rotatable bonds is 6. The number of hydrogen-bond acceptors (Lipinski definition) is 3. The molecule has 32 heavy (non-hydrogen) atoms. The molecule has 0 bridgehead atoms. The second kappa shape index (κ2) is 9.03. The van der Waals surface area contributed by atoms with Gasteiger partial charge in [-0.05, 0) is 63.1 Å². The highest BCUT2D eigenvalue weighted by Gasteiger charge is 2.33. The maximum absolute atomic E-state index is 12.7. The largest absolute Gasteiger partial charge is 0.509 e. The molecule has 0 spiro atoms. The van der Waals surface area contributed by atoms with Crippen LogP contribution in [-0.4, -0.2) is 17.4 Å². The van der Waals surface area contributed by atoms with E-state index in [0.717, 1.165) is 24.3 Å². The first kappa shape index (κ1) is 25.5. The standard InChI is InChI=1S/C23H24F6O3/c1-20(2,13-15-5-9-17(10-6-15)22(24,25)26)31-19(30)32-21(3,4)14-16-7-11-18(12-8-16)23(27,28)29/h5-12H,13-14H2,1-4H3. The molecule has 0 atom stereocenters. The molecule has 0 aliphatic heterocycles. The minimum absolute atomic E-state index is 0.152. The van der Waals surface area contributed by atoms with Crippen molar-refractivity contribution in [1.82, 2.24) is 0 Å². The van der Waals surface area contributed by atoms with Crippen LogP contribution < -0.4 is 0 Å². The van der Waals surface area contributed by atoms with E-state index in [9.17, 15) is 31.1 Å². The normalized spacial score (nSPS) is 13.1. The van der Waals surface area contributed by atoms with Crippen molar-refractivity contribution in [3.8, 4) is 0 Å². The first-order valence-electron chi connectivity index (χ1n) is 9.71. The molecule has 2 rings (SSSR count). The lowest BCUT2D eigenvalue weighted by atomic mass is 9.97. The molecule has 176 valence electrons. The third kappa shape index (κ3) is 7.76. The Balaban J connectivity index is 1.95. The average molecular weight is 462 g/mol. The molecular weight excluding hydrogens is 438 g/mol. The van der Waals surface area contributed by atoms with Crippen LogP contribution in [0, 0.1) is 0 Å². The lowest BCUT2D eigenvalue weighted by molar-refractivity contribution is -0.138. The van der Waals surface area contributed by atoms with Crippen LogP contribution in [0.2, 0.25) is 0 Å². The van der Waals surface area contributed by atoms with Crippen molar-refractivity contribution in [3.63, 3.8) is 0 Å². The van der Waals surface area contributed by atoms with Gasteiger partial charge in [0.25, 0.3) is 0 Å². The van der Waals surface area contributed by atoms with Gasteiger partial charge in [-0.1, -0.05) is 24.3 Å². The van der Waals surface area contributed by atoms with Gasteiger partial charge in [-0.3, -0.25) is 0 Å². The molecule has 0 radical (unpaired) electrons. The van der Waals surface area contributed by atoms with Crippen molar-refractivity contribution < 1.29 is 40.6 Å². The number of carbonyl (C=O) groups is 1. The second-order valence-electron chi connectivity index (χ2n) is 8.72. The monoisotopic (exact) mass is 462 g/mol. The first-order valence-corrected chi connectivity index (χ1v) is 9.71. The molecule has 2 aromatic rings. The van der Waals surface area contributed by atoms with E-state index in [2.05, 4.69) is 0 Å². The Hall–Kier alpha value is -2.71. The number of halogens is 6. The Labute approximate surface area is 182 Å². The molecule has 0 saturated heterocycles. The molecule has 2 aromatic carbocycles. The molecule has 3 nitrogen and oxygen atoms in total. The number of carbonyl (C=O) groups excluding carboxylic acids is 1. The first-order chi connectivity index (χ1) is 14.5. The van der Waals surface area contributed by atoms with E-state index < -0.39 is 40.8 Å². The van der Waals surface area contributed by atoms with Gasteiger partial charge in [-0.2, -0.15) is 26.3 Å². The molecule has 0 amide bonds. The van der Waals surface area contributed by atoms with Gasteiger partial charge >= 0.3 is 18.5 Å². The van der Waals surface area contributed by atoms with Crippen molar-refractivity contribution in [2.75, 3.05) is 0 Å². The van der Waals surface area contributed by atoms with Crippen LogP contribution in [0.4, 0.5) is 31.1 Å². The maximum Gasteiger partial charge on any atom is 0.509 e. The summed E-state index contributed by atoms with van der Waals surface area (Å²) < 4.78 is 86.8. The number of benzene rings is 2. The quantitative estimate of drug-likeness (QED) is 0.336. The van der Waals surface area contributed by atoms with Crippen molar-refractivity contribution >= 4 is 6.16 Å². The summed E-state index contributed by atoms with van der Waals surface area (Å²) in [7, 11) is 0. The van der Waals surface area contributed by atoms with E-state index in [1.165, 1.54) is 24.3 Å². The fourth-order valence-electron chi connectivity index (χ4n) is 3.15. The van der Waals surface area contributed by atoms with Crippen LogP contribution in [0.5, 0.6) is 0 Å². The Morgan fingerprint density at radius 3 is 1.16 bits per heavy atom. The highest BCUT2D eigenvalue weighted by molar-refractivity contribution is 5.61. The smallest absolute Gasteiger partial charge is 0.428 e. The number of hydrogen-bond donors (Lipinski definition) is 0. The average Bonchev–Trinajstić information content (AvgIpc) is 2.59. The Morgan fingerprint density at radius 1 is 0.625 bits per heavy atom. The van der Waals surface area contributed by atoms with Crippen molar-refractivity contribution in [3.05, 3.63) is 70.8 Å². The van der Waals surface area contributed by atoms with Gasteiger partial charge in [0.2, 0.25) is 0 Å². The van der Waals surface area contributed by atoms with Gasteiger partial charge in [0.15, 0.2) is 0 Å². The molecule has 0 heterocycles. The van der Waals surface area contributed by atoms with E-state index in [4.69, 9.17) is 9.47 Å². The highest BCUT2D eigenvalue weighted by Crippen LogP contribution is 2.31. The number of alkyl halides is 6. The predicted molar refractivity (Wildman–Crippen MR) is 106 cm³/mol. The summed E-state index contributed by atoms with van der Waals surface area (Å²) in [6.45, 7) is 6.37. The summed E-state index contributed by atoms with van der Waals surface area (Å²) in [5.41, 5.74) is -2.60. The lowest BCUT2D eigenvalue weighted by Crippen LogP contribution is -2.36. The van der Waals surface area contributed by atoms with Gasteiger partial charge in [-0.15, -0.1) is 0 Å². The minimum atomic E-state index is -4.44. The van der Waals surface area contributed by atoms with Crippen molar-refractivity contribution in [2.45, 2.75) is 64.1 Å². The second-order valence-corrected chi connectivity index (χ2v) is 8.72. The van der Waals surface area contributed by atoms with Crippen LogP contribution in [0.1, 0.15) is 49.9 Å². The molecule has 0 aliphatic carbocycles. The lowest BCUT2D eigenvalue weighted by Gasteiger charge is -2.29. The van der Waals surface area contributed by atoms with Gasteiger partial charge in [-0.25, -0.2) is 4.79 Å². The van der Waals surface area contributed by atoms with Gasteiger partial charge in [0, 0.05) is 12.8 Å². The van der Waals surface area contributed by atoms with Crippen LogP contribution in [-0.2, 0) is 34.7 Å². The summed E-state index contributed by atoms with van der Waals surface area (Å²) in [4.78, 5) is 12.3. The van der Waals surface area contributed by atoms with Gasteiger partial charge in [0.05, 0.1) is 11.1 Å². The Morgan fingerprint density at radius 2 is 0.906 bits per heavy atom. The third-order valence-corrected chi connectivity index (χ3v) is 4.54. The van der Waals surface area contributed by atoms with E-state index in [-0.39, 0.29) is 12.8 Å². The van der Waals surface area contributed by atoms with Crippen LogP contribution in [0.25, 0.3) is 0 Å². The maximum atomic E-state index is 12.7. The fraction of sp³-hybridized carbons (Fsp3) is 0.435. The molecule has 0 aromatic heterocycles. The van der Waals surface area contributed by atoms with Gasteiger partial charge < -0.3 is 9.47 Å². The van der Waals surface area contributed by atoms with Crippen molar-refractivity contribution in [2.24, 2.45) is 0 Å². The predicted octanol–water partition coefficient (Wildman–Crippen LogP) is 7.22. The third-order valence-electron chi connectivity index (χ3n) is 4.54. The molecular formula is C23H24F6O3. The van der Waals surface area contributed by atoms with Crippen LogP contribution in [0.3, 0.4) is 0 Å². The molecule has 0 unspecified atom stereocenters. The topological polar surface area (TPSA) is 35.5 Å². The van der Waals surface area contributed by atoms with E-state index in [0.29, 0.717) is 11.1 Å². The molecule has 0 fully saturated rings. The van der Waals surface area contributed by atoms with Crippen LogP contribution >= 0.6 is 0 Å². The summed E-state index contributed by atoms with van der Waals surface area (Å²) in [5.74, 6) is 0. The zero-order valence-corrected chi connectivity index (χ0v) is 18.0. The van der Waals surface area contributed by atoms with E-state index >= 15 is 0 Å². The molecule has 0 N–H and O–H groups in total. The van der Waals surface area contributed by atoms with E-state index in [1.807, 2.05) is 0 Å². The van der Waals surface area contributed by atoms with Crippen molar-refractivity contribution in [1.29, 1.82) is 0 Å². The summed E-state index contributed by atoms with van der Waals surface area (Å²) in [6.07, 6.45) is -9.56. The SMILES string of the molecule is CC(C)(Cc1ccc(C(F)(F)F)cc1)OC(=O)OC(C)(C)Cc1ccc(C(F)(F)F)cc1. The van der Waals surface area contributed by atoms with Crippen LogP contribution in [0.15, 0.2) is 48.5 Å². The highest BCUT2D eigenvalue weighted by atomic mass is 19.4. The Kier molecular flexibility index (Phi) is 7.21. The molecule has 9 heteroatoms. The zero-order chi connectivity index (χ0) is 24.4. The molecule has 0 saturated carbocycles. The number of ether oxygens (including phenoxy) is 2. The van der Waals surface area contributed by atoms with E-state index in [1.54, 1.807) is 27.7 Å². The molecule has 0 aliphatic rings. The summed E-state index contributed by atoms with van der Waals surface area (Å²) in [5, 5.41) is 0. The summed E-state index contributed by atoms with van der Waals surface area (Å²) >= 11 is 0. The minimum Gasteiger partial charge on any atom is -0.428 e. The summed E-state index contributed by atoms with van der Waals surface area (Å²) in [6, 6.07) is 9.07.